The second kappa shape index (κ2) is 10.1. The molecule has 0 aliphatic heterocycles. The van der Waals surface area contributed by atoms with Crippen LogP contribution >= 0.6 is 0 Å². The Labute approximate surface area is 149 Å². The van der Waals surface area contributed by atoms with Gasteiger partial charge < -0.3 is 4.55 Å². The van der Waals surface area contributed by atoms with Crippen molar-refractivity contribution in [2.24, 2.45) is 0 Å². The summed E-state index contributed by atoms with van der Waals surface area (Å²) in [5.41, 5.74) is 0. The summed E-state index contributed by atoms with van der Waals surface area (Å²) in [6.45, 7) is 2.03. The maximum absolute atomic E-state index is 12.9. The summed E-state index contributed by atoms with van der Waals surface area (Å²) in [4.78, 5) is 0. The molecule has 0 aliphatic rings. The van der Waals surface area contributed by atoms with Crippen molar-refractivity contribution >= 4 is 10.1 Å². The second-order valence-corrected chi connectivity index (χ2v) is 5.49. The van der Waals surface area contributed by atoms with Gasteiger partial charge in [-0.1, -0.05) is 45.4 Å². The van der Waals surface area contributed by atoms with Gasteiger partial charge in [-0.3, -0.25) is 0 Å². The van der Waals surface area contributed by atoms with Gasteiger partial charge in [-0.2, -0.15) is 8.78 Å². The zero-order valence-corrected chi connectivity index (χ0v) is 14.7. The Morgan fingerprint density at radius 3 is 2.00 bits per heavy atom. The molecule has 0 aliphatic carbocycles. The minimum atomic E-state index is -5.91. The minimum absolute atomic E-state index is 0. The fourth-order valence-electron chi connectivity index (χ4n) is 1.43. The summed E-state index contributed by atoms with van der Waals surface area (Å²) >= 11 is 0. The SMILES string of the molecule is CCCCCCCCC(F)C(F)(F)S(=O)(=O)[O-].[K+]. The van der Waals surface area contributed by atoms with E-state index in [9.17, 15) is 26.1 Å². The van der Waals surface area contributed by atoms with E-state index in [-0.39, 0.29) is 57.8 Å². The molecule has 104 valence electrons. The zero-order valence-electron chi connectivity index (χ0n) is 10.8. The molecule has 0 fully saturated rings. The molecule has 0 N–H and O–H groups in total. The molecule has 3 nitrogen and oxygen atoms in total. The molecular formula is C10H18F3KO3S. The van der Waals surface area contributed by atoms with Crippen LogP contribution in [0.4, 0.5) is 13.2 Å². The topological polar surface area (TPSA) is 57.2 Å². The summed E-state index contributed by atoms with van der Waals surface area (Å²) in [5, 5.41) is -4.81. The Kier molecular flexibility index (Phi) is 12.2. The van der Waals surface area contributed by atoms with Crippen molar-refractivity contribution in [2.75, 3.05) is 0 Å². The summed E-state index contributed by atoms with van der Waals surface area (Å²) < 4.78 is 68.6. The average molecular weight is 314 g/mol. The molecule has 0 heterocycles. The first-order chi connectivity index (χ1) is 7.73. The van der Waals surface area contributed by atoms with Gasteiger partial charge in [0.2, 0.25) is 0 Å². The van der Waals surface area contributed by atoms with E-state index in [1.54, 1.807) is 0 Å². The van der Waals surface area contributed by atoms with E-state index in [0.717, 1.165) is 25.7 Å². The van der Waals surface area contributed by atoms with E-state index >= 15 is 0 Å². The molecular weight excluding hydrogens is 296 g/mol. The van der Waals surface area contributed by atoms with Crippen LogP contribution in [-0.2, 0) is 10.1 Å². The predicted octanol–water partition coefficient (Wildman–Crippen LogP) is 0.217. The number of hydrogen-bond donors (Lipinski definition) is 0. The molecule has 0 spiro atoms. The first-order valence-electron chi connectivity index (χ1n) is 5.70. The predicted molar refractivity (Wildman–Crippen MR) is 57.5 cm³/mol. The fraction of sp³-hybridized carbons (Fsp3) is 1.00. The van der Waals surface area contributed by atoms with Crippen molar-refractivity contribution in [3.05, 3.63) is 0 Å². The Morgan fingerprint density at radius 2 is 1.56 bits per heavy atom. The number of unbranched alkanes of at least 4 members (excludes halogenated alkanes) is 5. The Morgan fingerprint density at radius 1 is 1.11 bits per heavy atom. The molecule has 0 aromatic carbocycles. The molecule has 0 radical (unpaired) electrons. The third-order valence-corrected chi connectivity index (χ3v) is 3.43. The van der Waals surface area contributed by atoms with Crippen molar-refractivity contribution in [3.8, 4) is 0 Å². The number of rotatable bonds is 9. The van der Waals surface area contributed by atoms with Crippen LogP contribution in [0.2, 0.25) is 0 Å². The summed E-state index contributed by atoms with van der Waals surface area (Å²) in [5.74, 6) is 0. The first kappa shape index (κ1) is 21.6. The molecule has 1 unspecified atom stereocenters. The van der Waals surface area contributed by atoms with Crippen LogP contribution in [0.1, 0.15) is 51.9 Å². The van der Waals surface area contributed by atoms with Gasteiger partial charge in [0.05, 0.1) is 0 Å². The van der Waals surface area contributed by atoms with Gasteiger partial charge in [0, 0.05) is 0 Å². The smallest absolute Gasteiger partial charge is 0.743 e. The van der Waals surface area contributed by atoms with E-state index in [1.807, 2.05) is 6.92 Å². The van der Waals surface area contributed by atoms with E-state index < -0.39 is 28.0 Å². The van der Waals surface area contributed by atoms with E-state index in [1.165, 1.54) is 0 Å². The van der Waals surface area contributed by atoms with Crippen LogP contribution in [0, 0.1) is 0 Å². The van der Waals surface area contributed by atoms with E-state index in [4.69, 9.17) is 0 Å². The maximum Gasteiger partial charge on any atom is 1.00 e. The molecule has 0 aromatic heterocycles. The monoisotopic (exact) mass is 314 g/mol. The Hall–Kier alpha value is 1.34. The van der Waals surface area contributed by atoms with Crippen LogP contribution in [-0.4, -0.2) is 24.4 Å². The molecule has 0 amide bonds. The van der Waals surface area contributed by atoms with Gasteiger partial charge in [0.15, 0.2) is 16.3 Å². The van der Waals surface area contributed by atoms with Crippen molar-refractivity contribution in [2.45, 2.75) is 63.3 Å². The largest absolute Gasteiger partial charge is 1.00 e. The van der Waals surface area contributed by atoms with Gasteiger partial charge >= 0.3 is 56.6 Å². The van der Waals surface area contributed by atoms with E-state index in [0.29, 0.717) is 6.42 Å². The summed E-state index contributed by atoms with van der Waals surface area (Å²) in [6, 6.07) is 0. The minimum Gasteiger partial charge on any atom is -0.743 e. The molecule has 0 saturated heterocycles. The van der Waals surface area contributed by atoms with Gasteiger partial charge in [-0.05, 0) is 6.42 Å². The molecule has 1 atom stereocenters. The van der Waals surface area contributed by atoms with Gasteiger partial charge in [0.1, 0.15) is 0 Å². The quantitative estimate of drug-likeness (QED) is 0.347. The van der Waals surface area contributed by atoms with Crippen LogP contribution in [0.25, 0.3) is 0 Å². The molecule has 0 saturated carbocycles. The molecule has 0 aromatic rings. The Balaban J connectivity index is 0. The number of halogens is 3. The zero-order chi connectivity index (χ0) is 13.5. The normalized spacial score (nSPS) is 14.1. The number of hydrogen-bond acceptors (Lipinski definition) is 3. The third-order valence-electron chi connectivity index (χ3n) is 2.51. The van der Waals surface area contributed by atoms with Crippen molar-refractivity contribution in [1.82, 2.24) is 0 Å². The standard InChI is InChI=1S/C10H19F3O3S.K/c1-2-3-4-5-6-7-8-9(11)10(12,13)17(14,15)16;/h9H,2-8H2,1H3,(H,14,15,16);/q;+1/p-1. The third kappa shape index (κ3) is 7.81. The number of alkyl halides is 3. The molecule has 0 bridgehead atoms. The first-order valence-corrected chi connectivity index (χ1v) is 7.11. The summed E-state index contributed by atoms with van der Waals surface area (Å²) in [7, 11) is -5.91. The summed E-state index contributed by atoms with van der Waals surface area (Å²) in [6.07, 6.45) is 1.05. The van der Waals surface area contributed by atoms with Crippen molar-refractivity contribution in [1.29, 1.82) is 0 Å². The van der Waals surface area contributed by atoms with E-state index in [2.05, 4.69) is 0 Å². The second-order valence-electron chi connectivity index (χ2n) is 4.04. The van der Waals surface area contributed by atoms with Gasteiger partial charge in [0.25, 0.3) is 0 Å². The van der Waals surface area contributed by atoms with Crippen LogP contribution in [0.5, 0.6) is 0 Å². The maximum atomic E-state index is 12.9. The van der Waals surface area contributed by atoms with Crippen molar-refractivity contribution in [3.63, 3.8) is 0 Å². The molecule has 18 heavy (non-hydrogen) atoms. The fourth-order valence-corrected chi connectivity index (χ4v) is 1.86. The van der Waals surface area contributed by atoms with Gasteiger partial charge in [-0.25, -0.2) is 12.8 Å². The van der Waals surface area contributed by atoms with Crippen molar-refractivity contribution < 1.29 is 77.5 Å². The average Bonchev–Trinajstić information content (AvgIpc) is 2.21. The molecule has 8 heteroatoms. The molecule has 0 rings (SSSR count). The van der Waals surface area contributed by atoms with Crippen LogP contribution in [0.15, 0.2) is 0 Å². The Bertz CT molecular complexity index is 309. The van der Waals surface area contributed by atoms with Crippen LogP contribution in [0.3, 0.4) is 0 Å². The van der Waals surface area contributed by atoms with Gasteiger partial charge in [-0.15, -0.1) is 0 Å². The van der Waals surface area contributed by atoms with Crippen LogP contribution < -0.4 is 51.4 Å².